The summed E-state index contributed by atoms with van der Waals surface area (Å²) in [6.45, 7) is 0. The molecule has 1 aliphatic carbocycles. The zero-order chi connectivity index (χ0) is 28.6. The number of aromatic carboxylic acids is 1. The molecular weight excluding hydrogens is 556 g/mol. The van der Waals surface area contributed by atoms with Gasteiger partial charge in [0, 0.05) is 22.9 Å². The van der Waals surface area contributed by atoms with Gasteiger partial charge in [-0.15, -0.1) is 11.3 Å². The molecule has 0 aliphatic heterocycles. The van der Waals surface area contributed by atoms with Crippen LogP contribution in [0.3, 0.4) is 0 Å². The van der Waals surface area contributed by atoms with Crippen LogP contribution in [0.15, 0.2) is 89.1 Å². The second-order valence-electron chi connectivity index (χ2n) is 10.3. The Balaban J connectivity index is 1.52. The number of primary sulfonamides is 1. The fraction of sp³-hybridized carbons (Fsp3) is 0.194. The zero-order valence-corrected chi connectivity index (χ0v) is 23.7. The number of nitrogens with two attached hydrogens (primary N) is 1. The summed E-state index contributed by atoms with van der Waals surface area (Å²) in [6.07, 6.45) is 4.77. The number of nitrogens with zero attached hydrogens (tertiary/aromatic N) is 3. The highest BCUT2D eigenvalue weighted by Crippen LogP contribution is 2.38. The minimum atomic E-state index is -3.80. The number of aryl methyl sites for hydroxylation is 1. The second kappa shape index (κ2) is 11.0. The van der Waals surface area contributed by atoms with Crippen LogP contribution in [-0.4, -0.2) is 34.3 Å². The third-order valence-electron chi connectivity index (χ3n) is 7.32. The number of sulfonamides is 1. The van der Waals surface area contributed by atoms with Crippen LogP contribution in [0.2, 0.25) is 0 Å². The minimum absolute atomic E-state index is 0.0239. The highest BCUT2D eigenvalue weighted by atomic mass is 32.2. The van der Waals surface area contributed by atoms with E-state index in [4.69, 9.17) is 10.2 Å². The van der Waals surface area contributed by atoms with Gasteiger partial charge in [0.05, 0.1) is 16.3 Å². The first-order valence-electron chi connectivity index (χ1n) is 13.3. The van der Waals surface area contributed by atoms with Gasteiger partial charge in [-0.2, -0.15) is 5.10 Å². The van der Waals surface area contributed by atoms with Gasteiger partial charge in [-0.1, -0.05) is 73.5 Å². The molecule has 10 heteroatoms. The Hall–Kier alpha value is -4.12. The number of carboxylic acids is 1. The molecule has 8 nitrogen and oxygen atoms in total. The number of thiazole rings is 1. The van der Waals surface area contributed by atoms with Crippen LogP contribution in [0.1, 0.15) is 46.6 Å². The monoisotopic (exact) mass is 584 g/mol. The molecular formula is C31H28N4O4S2. The van der Waals surface area contributed by atoms with Gasteiger partial charge in [0.2, 0.25) is 15.2 Å². The fourth-order valence-electron chi connectivity index (χ4n) is 5.00. The number of hydrogen-bond acceptors (Lipinski definition) is 6. The summed E-state index contributed by atoms with van der Waals surface area (Å²) < 4.78 is 25.4. The van der Waals surface area contributed by atoms with E-state index in [9.17, 15) is 18.3 Å². The smallest absolute Gasteiger partial charge is 0.355 e. The third-order valence-corrected chi connectivity index (χ3v) is 9.07. The quantitative estimate of drug-likeness (QED) is 0.209. The molecule has 1 fully saturated rings. The Bertz CT molecular complexity index is 1820. The van der Waals surface area contributed by atoms with Crippen molar-refractivity contribution >= 4 is 27.3 Å². The molecule has 6 rings (SSSR count). The van der Waals surface area contributed by atoms with Crippen LogP contribution < -0.4 is 5.14 Å². The third kappa shape index (κ3) is 6.00. The zero-order valence-electron chi connectivity index (χ0n) is 22.1. The number of carboxylic acid groups (broad SMARTS) is 1. The first-order chi connectivity index (χ1) is 19.8. The first-order valence-corrected chi connectivity index (χ1v) is 15.8. The Morgan fingerprint density at radius 2 is 1.68 bits per heavy atom. The van der Waals surface area contributed by atoms with Gasteiger partial charge >= 0.3 is 5.97 Å². The largest absolute Gasteiger partial charge is 0.476 e. The highest BCUT2D eigenvalue weighted by molar-refractivity contribution is 7.89. The molecule has 0 atom stereocenters. The molecule has 5 aromatic rings. The van der Waals surface area contributed by atoms with Gasteiger partial charge < -0.3 is 5.11 Å². The van der Waals surface area contributed by atoms with Gasteiger partial charge in [-0.05, 0) is 53.6 Å². The van der Waals surface area contributed by atoms with Crippen LogP contribution in [0.25, 0.3) is 27.5 Å². The highest BCUT2D eigenvalue weighted by Gasteiger charge is 2.26. The molecule has 0 bridgehead atoms. The topological polar surface area (TPSA) is 128 Å². The predicted molar refractivity (Wildman–Crippen MR) is 159 cm³/mol. The lowest BCUT2D eigenvalue weighted by molar-refractivity contribution is 0.0691. The van der Waals surface area contributed by atoms with Crippen molar-refractivity contribution in [1.29, 1.82) is 0 Å². The van der Waals surface area contributed by atoms with E-state index in [-0.39, 0.29) is 10.6 Å². The maximum absolute atomic E-state index is 11.8. The van der Waals surface area contributed by atoms with Crippen LogP contribution >= 0.6 is 11.3 Å². The second-order valence-corrected chi connectivity index (χ2v) is 12.7. The van der Waals surface area contributed by atoms with Crippen molar-refractivity contribution in [3.8, 4) is 27.5 Å². The minimum Gasteiger partial charge on any atom is -0.476 e. The van der Waals surface area contributed by atoms with E-state index in [1.54, 1.807) is 16.8 Å². The summed E-state index contributed by atoms with van der Waals surface area (Å²) in [5, 5.41) is 21.9. The molecule has 3 N–H and O–H groups in total. The lowest BCUT2D eigenvalue weighted by Gasteiger charge is -2.11. The molecule has 2 heterocycles. The number of carbonyl (C=O) groups is 1. The lowest BCUT2D eigenvalue weighted by atomic mass is 9.95. The molecule has 0 radical (unpaired) electrons. The van der Waals surface area contributed by atoms with E-state index in [0.717, 1.165) is 52.0 Å². The van der Waals surface area contributed by atoms with Crippen molar-refractivity contribution in [3.63, 3.8) is 0 Å². The fourth-order valence-corrected chi connectivity index (χ4v) is 6.27. The van der Waals surface area contributed by atoms with Crippen LogP contribution in [-0.2, 0) is 22.9 Å². The van der Waals surface area contributed by atoms with Gasteiger partial charge in [0.15, 0.2) is 5.69 Å². The summed E-state index contributed by atoms with van der Waals surface area (Å²) in [6, 6.07) is 24.9. The summed E-state index contributed by atoms with van der Waals surface area (Å²) in [5.74, 6) is -0.387. The number of benzene rings is 3. The van der Waals surface area contributed by atoms with Crippen LogP contribution in [0.4, 0.5) is 0 Å². The van der Waals surface area contributed by atoms with Gasteiger partial charge in [-0.3, -0.25) is 0 Å². The lowest BCUT2D eigenvalue weighted by Crippen LogP contribution is -2.11. The molecule has 1 saturated carbocycles. The molecule has 0 spiro atoms. The van der Waals surface area contributed by atoms with E-state index in [1.165, 1.54) is 41.7 Å². The van der Waals surface area contributed by atoms with Gasteiger partial charge in [-0.25, -0.2) is 28.0 Å². The average molecular weight is 585 g/mol. The van der Waals surface area contributed by atoms with Gasteiger partial charge in [0.1, 0.15) is 0 Å². The van der Waals surface area contributed by atoms with Crippen LogP contribution in [0, 0.1) is 5.92 Å². The molecule has 2 aromatic heterocycles. The van der Waals surface area contributed by atoms with Crippen molar-refractivity contribution in [2.75, 3.05) is 0 Å². The van der Waals surface area contributed by atoms with E-state index < -0.39 is 16.0 Å². The average Bonchev–Trinajstić information content (AvgIpc) is 3.54. The summed E-state index contributed by atoms with van der Waals surface area (Å²) in [4.78, 5) is 16.1. The van der Waals surface area contributed by atoms with Crippen molar-refractivity contribution < 1.29 is 18.3 Å². The summed E-state index contributed by atoms with van der Waals surface area (Å²) in [5.41, 5.74) is 6.72. The first kappa shape index (κ1) is 27.1. The van der Waals surface area contributed by atoms with Crippen molar-refractivity contribution in [1.82, 2.24) is 14.8 Å². The molecule has 0 amide bonds. The van der Waals surface area contributed by atoms with E-state index in [2.05, 4.69) is 29.2 Å². The molecule has 41 heavy (non-hydrogen) atoms. The Morgan fingerprint density at radius 1 is 0.976 bits per heavy atom. The van der Waals surface area contributed by atoms with Crippen LogP contribution in [0.5, 0.6) is 0 Å². The SMILES string of the molecule is NS(=O)(=O)c1ccc(Cc2c(CCC3CC3)nn(-c3nc(C(=O)O)cs3)c2-c2cccc(-c3ccccc3)c2)cc1. The molecule has 208 valence electrons. The summed E-state index contributed by atoms with van der Waals surface area (Å²) in [7, 11) is -3.80. The number of hydrogen-bond donors (Lipinski definition) is 2. The molecule has 0 saturated heterocycles. The maximum Gasteiger partial charge on any atom is 0.355 e. The van der Waals surface area contributed by atoms with E-state index in [1.807, 2.05) is 30.3 Å². The van der Waals surface area contributed by atoms with Crippen molar-refractivity contribution in [3.05, 3.63) is 107 Å². The molecule has 1 aliphatic rings. The Kier molecular flexibility index (Phi) is 7.29. The number of rotatable bonds is 10. The standard InChI is InChI=1S/C31H28N4O4S2/c32-41(38,39)25-14-11-21(12-15-25)17-26-27(16-13-20-9-10-20)34-35(31-33-28(19-40-31)30(36)37)29(26)24-8-4-7-23(18-24)22-5-2-1-3-6-22/h1-8,11-12,14-15,18-20H,9-10,13,16-17H2,(H,36,37)(H2,32,38,39). The Morgan fingerprint density at radius 3 is 2.34 bits per heavy atom. The van der Waals surface area contributed by atoms with E-state index in [0.29, 0.717) is 17.5 Å². The molecule has 0 unspecified atom stereocenters. The number of aromatic nitrogens is 3. The predicted octanol–water partition coefficient (Wildman–Crippen LogP) is 5.94. The normalized spacial score (nSPS) is 13.4. The van der Waals surface area contributed by atoms with Gasteiger partial charge in [0.25, 0.3) is 0 Å². The van der Waals surface area contributed by atoms with Crippen molar-refractivity contribution in [2.45, 2.75) is 37.0 Å². The maximum atomic E-state index is 11.8. The van der Waals surface area contributed by atoms with E-state index >= 15 is 0 Å². The molecule has 3 aromatic carbocycles. The van der Waals surface area contributed by atoms with Crippen molar-refractivity contribution in [2.24, 2.45) is 11.1 Å². The Labute approximate surface area is 242 Å². The summed E-state index contributed by atoms with van der Waals surface area (Å²) >= 11 is 1.24.